The van der Waals surface area contributed by atoms with E-state index in [0.29, 0.717) is 5.13 Å². The van der Waals surface area contributed by atoms with E-state index in [4.69, 9.17) is 10.7 Å². The highest BCUT2D eigenvalue weighted by Gasteiger charge is 2.50. The van der Waals surface area contributed by atoms with Crippen LogP contribution in [0.3, 0.4) is 0 Å². The molecule has 0 saturated heterocycles. The van der Waals surface area contributed by atoms with Gasteiger partial charge in [-0.25, -0.2) is 9.55 Å². The molecule has 0 amide bonds. The number of nitrogen functional groups attached to an aromatic ring is 1. The molecule has 1 aromatic carbocycles. The fourth-order valence-corrected chi connectivity index (χ4v) is 7.42. The summed E-state index contributed by atoms with van der Waals surface area (Å²) in [5.74, 6) is 1.76. The number of H-pyrrole nitrogens is 1. The largest absolute Gasteiger partial charge is 0.402 e. The average Bonchev–Trinajstić information content (AvgIpc) is 3.40. The van der Waals surface area contributed by atoms with Gasteiger partial charge in [0.05, 0.1) is 17.6 Å². The van der Waals surface area contributed by atoms with E-state index >= 15 is 0 Å². The standard InChI is InChI=1S/C22H23N6OS3/c1-21(2)13-9-15-16(10-14(13)22(3,4)17(21)29)25-19(24-15)28-8-6-5-7-12(28)11-30-32-20-27-26-18(23)31-20/h5-10H,11H2,1-4H3,(H2,23,26)(H,24,25)/q+1. The number of nitrogens with one attached hydrogen (secondary N) is 1. The molecule has 3 aromatic heterocycles. The molecule has 32 heavy (non-hydrogen) atoms. The summed E-state index contributed by atoms with van der Waals surface area (Å²) in [7, 11) is 3.24. The lowest BCUT2D eigenvalue weighted by Gasteiger charge is -2.21. The summed E-state index contributed by atoms with van der Waals surface area (Å²) in [4.78, 5) is 21.3. The number of pyridine rings is 1. The molecule has 0 saturated carbocycles. The summed E-state index contributed by atoms with van der Waals surface area (Å²) in [6, 6.07) is 10.3. The zero-order valence-corrected chi connectivity index (χ0v) is 20.6. The Bertz CT molecular complexity index is 1300. The summed E-state index contributed by atoms with van der Waals surface area (Å²) in [6.45, 7) is 8.03. The molecule has 0 bridgehead atoms. The van der Waals surface area contributed by atoms with E-state index in [2.05, 4.69) is 37.9 Å². The molecule has 164 valence electrons. The molecule has 0 aliphatic heterocycles. The average molecular weight is 484 g/mol. The van der Waals surface area contributed by atoms with Gasteiger partial charge in [0.2, 0.25) is 5.13 Å². The fourth-order valence-electron chi connectivity index (χ4n) is 4.41. The molecule has 3 heterocycles. The van der Waals surface area contributed by atoms with Gasteiger partial charge in [-0.05, 0) is 73.9 Å². The maximum atomic E-state index is 13.0. The van der Waals surface area contributed by atoms with E-state index in [-0.39, 0.29) is 5.78 Å². The highest BCUT2D eigenvalue weighted by molar-refractivity contribution is 8.76. The predicted octanol–water partition coefficient (Wildman–Crippen LogP) is 4.35. The third-order valence-electron chi connectivity index (χ3n) is 6.02. The number of hydrogen-bond acceptors (Lipinski definition) is 8. The molecular formula is C22H23N6OS3+. The number of nitrogens with two attached hydrogens (primary N) is 1. The van der Waals surface area contributed by atoms with Gasteiger partial charge < -0.3 is 5.73 Å². The summed E-state index contributed by atoms with van der Waals surface area (Å²) in [6.07, 6.45) is 2.01. The normalized spacial score (nSPS) is 16.6. The molecule has 1 aliphatic rings. The van der Waals surface area contributed by atoms with Crippen molar-refractivity contribution in [3.63, 3.8) is 0 Å². The van der Waals surface area contributed by atoms with Crippen molar-refractivity contribution < 1.29 is 9.36 Å². The molecule has 10 heteroatoms. The first kappa shape index (κ1) is 21.4. The van der Waals surface area contributed by atoms with Gasteiger partial charge in [0.25, 0.3) is 0 Å². The first-order chi connectivity index (χ1) is 15.2. The van der Waals surface area contributed by atoms with E-state index in [9.17, 15) is 4.79 Å². The lowest BCUT2D eigenvalue weighted by molar-refractivity contribution is -0.610. The van der Waals surface area contributed by atoms with Gasteiger partial charge in [-0.2, -0.15) is 0 Å². The van der Waals surface area contributed by atoms with E-state index < -0.39 is 10.8 Å². The maximum absolute atomic E-state index is 13.0. The van der Waals surface area contributed by atoms with Gasteiger partial charge in [0.1, 0.15) is 5.52 Å². The number of benzene rings is 1. The van der Waals surface area contributed by atoms with Crippen molar-refractivity contribution in [2.75, 3.05) is 5.73 Å². The Morgan fingerprint density at radius 2 is 1.88 bits per heavy atom. The smallest absolute Gasteiger partial charge is 0.374 e. The number of aromatic nitrogens is 5. The van der Waals surface area contributed by atoms with Crippen LogP contribution in [0.5, 0.6) is 0 Å². The first-order valence-corrected chi connectivity index (χ1v) is 13.3. The number of carbonyl (C=O) groups excluding carboxylic acids is 1. The fraction of sp³-hybridized carbons (Fsp3) is 0.318. The van der Waals surface area contributed by atoms with Crippen molar-refractivity contribution in [2.45, 2.75) is 48.6 Å². The number of rotatable bonds is 5. The topological polar surface area (TPSA) is 101 Å². The zero-order valence-electron chi connectivity index (χ0n) is 18.2. The van der Waals surface area contributed by atoms with Gasteiger partial charge in [-0.15, -0.1) is 10.2 Å². The van der Waals surface area contributed by atoms with Crippen LogP contribution in [0.2, 0.25) is 0 Å². The van der Waals surface area contributed by atoms with Crippen molar-refractivity contribution in [3.8, 4) is 5.95 Å². The Kier molecular flexibility index (Phi) is 5.06. The number of carbonyl (C=O) groups is 1. The zero-order chi connectivity index (χ0) is 22.7. The minimum Gasteiger partial charge on any atom is -0.374 e. The second-order valence-corrected chi connectivity index (χ2v) is 12.4. The molecule has 0 spiro atoms. The van der Waals surface area contributed by atoms with Crippen molar-refractivity contribution in [1.29, 1.82) is 0 Å². The number of nitrogens with zero attached hydrogens (tertiary/aromatic N) is 4. The maximum Gasteiger partial charge on any atom is 0.402 e. The molecule has 0 radical (unpaired) electrons. The predicted molar refractivity (Wildman–Crippen MR) is 130 cm³/mol. The van der Waals surface area contributed by atoms with Crippen LogP contribution in [0, 0.1) is 0 Å². The van der Waals surface area contributed by atoms with Crippen LogP contribution in [0.15, 0.2) is 40.9 Å². The van der Waals surface area contributed by atoms with Crippen LogP contribution in [0.1, 0.15) is 44.5 Å². The van der Waals surface area contributed by atoms with E-state index in [1.165, 1.54) is 11.3 Å². The van der Waals surface area contributed by atoms with Crippen molar-refractivity contribution in [2.24, 2.45) is 0 Å². The number of fused-ring (bicyclic) bond motifs is 2. The quantitative estimate of drug-likeness (QED) is 0.321. The van der Waals surface area contributed by atoms with E-state index in [0.717, 1.165) is 43.9 Å². The molecule has 0 fully saturated rings. The number of hydrogen-bond donors (Lipinski definition) is 2. The number of ketones is 1. The SMILES string of the molecule is CC1(C)C(=O)C(C)(C)c2cc3[nH]c(-[n+]4ccccc4CSSc4nnc(N)s4)nc3cc21. The minimum atomic E-state index is -0.515. The molecule has 1 aliphatic carbocycles. The number of imidazole rings is 1. The third kappa shape index (κ3) is 3.41. The highest BCUT2D eigenvalue weighted by atomic mass is 33.1. The molecule has 0 unspecified atom stereocenters. The van der Waals surface area contributed by atoms with Gasteiger partial charge in [-0.1, -0.05) is 33.2 Å². The Hall–Kier alpha value is -2.43. The molecule has 5 rings (SSSR count). The van der Waals surface area contributed by atoms with Gasteiger partial charge >= 0.3 is 5.95 Å². The summed E-state index contributed by atoms with van der Waals surface area (Å²) in [5.41, 5.74) is 9.69. The summed E-state index contributed by atoms with van der Waals surface area (Å²) >= 11 is 1.38. The number of anilines is 1. The van der Waals surface area contributed by atoms with Gasteiger partial charge in [-0.3, -0.25) is 4.79 Å². The van der Waals surface area contributed by atoms with Gasteiger partial charge in [0.15, 0.2) is 15.6 Å². The van der Waals surface area contributed by atoms with Crippen LogP contribution < -0.4 is 10.3 Å². The number of aromatic amines is 1. The van der Waals surface area contributed by atoms with Crippen LogP contribution in [-0.4, -0.2) is 25.9 Å². The lowest BCUT2D eigenvalue weighted by atomic mass is 9.80. The minimum absolute atomic E-state index is 0.249. The van der Waals surface area contributed by atoms with Crippen molar-refractivity contribution in [3.05, 3.63) is 53.3 Å². The van der Waals surface area contributed by atoms with Crippen LogP contribution in [0.4, 0.5) is 5.13 Å². The monoisotopic (exact) mass is 483 g/mol. The number of Topliss-reactive ketones (excluding diaryl/α,β-unsaturated/α-hetero) is 1. The summed E-state index contributed by atoms with van der Waals surface area (Å²) < 4.78 is 2.90. The molecular weight excluding hydrogens is 460 g/mol. The third-order valence-corrected chi connectivity index (χ3v) is 9.32. The van der Waals surface area contributed by atoms with Crippen LogP contribution >= 0.6 is 32.9 Å². The van der Waals surface area contributed by atoms with Crippen LogP contribution in [-0.2, 0) is 21.4 Å². The molecule has 4 aromatic rings. The molecule has 0 atom stereocenters. The first-order valence-electron chi connectivity index (χ1n) is 10.2. The van der Waals surface area contributed by atoms with Crippen LogP contribution in [0.25, 0.3) is 17.0 Å². The van der Waals surface area contributed by atoms with E-state index in [1.54, 1.807) is 21.6 Å². The Morgan fingerprint density at radius 1 is 1.12 bits per heavy atom. The highest BCUT2D eigenvalue weighted by Crippen LogP contribution is 2.47. The van der Waals surface area contributed by atoms with Crippen molar-refractivity contribution in [1.82, 2.24) is 20.2 Å². The second kappa shape index (κ2) is 7.57. The van der Waals surface area contributed by atoms with Crippen molar-refractivity contribution >= 4 is 54.9 Å². The van der Waals surface area contributed by atoms with E-state index in [1.807, 2.05) is 46.0 Å². The Balaban J connectivity index is 1.48. The van der Waals surface area contributed by atoms with Gasteiger partial charge in [0, 0.05) is 10.8 Å². The summed E-state index contributed by atoms with van der Waals surface area (Å²) in [5, 5.41) is 8.38. The molecule has 3 N–H and O–H groups in total. The lowest BCUT2D eigenvalue weighted by Crippen LogP contribution is -2.36. The Morgan fingerprint density at radius 3 is 2.59 bits per heavy atom. The Labute approximate surface area is 197 Å². The second-order valence-electron chi connectivity index (χ2n) is 8.87. The molecule has 7 nitrogen and oxygen atoms in total.